The molecule has 0 aromatic rings. The average Bonchev–Trinajstić information content (AvgIpc) is 3.35. The lowest BCUT2D eigenvalue weighted by Gasteiger charge is -2.40. The number of unbranched alkanes of at least 4 members (excludes halogenated alkanes) is 18. The fourth-order valence-electron chi connectivity index (χ4n) is 8.46. The van der Waals surface area contributed by atoms with Gasteiger partial charge >= 0.3 is 41.8 Å². The summed E-state index contributed by atoms with van der Waals surface area (Å²) in [5, 5.41) is 0.0344. The second-order valence-corrected chi connectivity index (χ2v) is 27.5. The van der Waals surface area contributed by atoms with Gasteiger partial charge in [-0.3, -0.25) is 33.7 Å². The number of hydrogen-bond acceptors (Lipinski definition) is 16. The molecular weight excluding hydrogens is 1000 g/mol. The third-order valence-electron chi connectivity index (χ3n) is 14.8. The van der Waals surface area contributed by atoms with Crippen LogP contribution in [0.5, 0.6) is 0 Å². The summed E-state index contributed by atoms with van der Waals surface area (Å²) in [5.74, 6) is -4.25. The van der Waals surface area contributed by atoms with Crippen molar-refractivity contribution in [1.29, 1.82) is 0 Å². The van der Waals surface area contributed by atoms with E-state index in [-0.39, 0.29) is 75.1 Å². The SMILES string of the molecule is CCCCCCCC(=O)OCCCCCOC(=O)CC(CC(=O)OCCCCCOC(=O)CCCCCCC)(OC(=O)CCN(CCO[Si](C)(C)C(C)(C)C)C1CCC1)C(=O)OCCCCCOC(=O)CCCCCCC. The molecule has 0 atom stereocenters. The molecule has 0 unspecified atom stereocenters. The molecule has 0 saturated heterocycles. The Morgan fingerprint density at radius 1 is 0.416 bits per heavy atom. The van der Waals surface area contributed by atoms with Crippen molar-refractivity contribution in [3.8, 4) is 0 Å². The zero-order valence-electron chi connectivity index (χ0n) is 49.8. The maximum Gasteiger partial charge on any atom is 0.351 e. The van der Waals surface area contributed by atoms with E-state index in [1.165, 1.54) is 0 Å². The molecule has 0 aromatic carbocycles. The molecule has 0 N–H and O–H groups in total. The summed E-state index contributed by atoms with van der Waals surface area (Å²) in [7, 11) is -2.03. The molecule has 0 aliphatic heterocycles. The number of carbonyl (C=O) groups excluding carboxylic acids is 7. The number of hydrogen-bond donors (Lipinski definition) is 0. The van der Waals surface area contributed by atoms with Gasteiger partial charge in [0.25, 0.3) is 0 Å². The van der Waals surface area contributed by atoms with Gasteiger partial charge in [-0.1, -0.05) is 125 Å². The van der Waals surface area contributed by atoms with Crippen molar-refractivity contribution >= 4 is 50.1 Å². The van der Waals surface area contributed by atoms with Crippen molar-refractivity contribution in [2.24, 2.45) is 0 Å². The molecule has 448 valence electrons. The van der Waals surface area contributed by atoms with Gasteiger partial charge in [0, 0.05) is 45.0 Å². The van der Waals surface area contributed by atoms with Crippen LogP contribution in [0, 0.1) is 0 Å². The molecule has 16 nitrogen and oxygen atoms in total. The van der Waals surface area contributed by atoms with E-state index in [9.17, 15) is 33.6 Å². The first kappa shape index (κ1) is 71.4. The van der Waals surface area contributed by atoms with Crippen molar-refractivity contribution < 1.29 is 71.1 Å². The van der Waals surface area contributed by atoms with Crippen LogP contribution in [0.2, 0.25) is 18.1 Å². The Morgan fingerprint density at radius 3 is 1.12 bits per heavy atom. The lowest BCUT2D eigenvalue weighted by Crippen LogP contribution is -2.49. The first-order valence-corrected chi connectivity index (χ1v) is 33.4. The molecule has 1 fully saturated rings. The summed E-state index contributed by atoms with van der Waals surface area (Å²) in [5.41, 5.74) is -2.39. The van der Waals surface area contributed by atoms with Gasteiger partial charge in [-0.15, -0.1) is 0 Å². The van der Waals surface area contributed by atoms with Crippen LogP contribution in [0.1, 0.15) is 253 Å². The van der Waals surface area contributed by atoms with Gasteiger partial charge in [0.2, 0.25) is 5.60 Å². The molecule has 1 saturated carbocycles. The van der Waals surface area contributed by atoms with Crippen LogP contribution in [0.3, 0.4) is 0 Å². The number of esters is 7. The third kappa shape index (κ3) is 36.3. The first-order chi connectivity index (χ1) is 36.9. The Hall–Kier alpha value is -3.57. The van der Waals surface area contributed by atoms with Gasteiger partial charge in [0.15, 0.2) is 8.32 Å². The Kier molecular flexibility index (Phi) is 41.0. The van der Waals surface area contributed by atoms with E-state index < -0.39 is 50.6 Å². The van der Waals surface area contributed by atoms with E-state index in [4.69, 9.17) is 37.6 Å². The van der Waals surface area contributed by atoms with Gasteiger partial charge in [-0.05, 0) is 108 Å². The molecule has 17 heteroatoms. The van der Waals surface area contributed by atoms with E-state index in [1.807, 2.05) is 0 Å². The first-order valence-electron chi connectivity index (χ1n) is 30.4. The van der Waals surface area contributed by atoms with E-state index in [2.05, 4.69) is 59.5 Å². The molecule has 0 amide bonds. The number of carbonyl (C=O) groups is 7. The van der Waals surface area contributed by atoms with Crippen molar-refractivity contribution in [1.82, 2.24) is 4.90 Å². The summed E-state index contributed by atoms with van der Waals surface area (Å²) in [6, 6.07) is 0.268. The quantitative estimate of drug-likeness (QED) is 0.0241. The monoisotopic (exact) mass is 1110 g/mol. The number of ether oxygens (including phenoxy) is 7. The van der Waals surface area contributed by atoms with Crippen molar-refractivity contribution in [3.05, 3.63) is 0 Å². The van der Waals surface area contributed by atoms with Crippen LogP contribution >= 0.6 is 0 Å². The van der Waals surface area contributed by atoms with Crippen molar-refractivity contribution in [2.75, 3.05) is 59.3 Å². The van der Waals surface area contributed by atoms with Gasteiger partial charge in [-0.25, -0.2) is 4.79 Å². The maximum absolute atomic E-state index is 14.4. The predicted molar refractivity (Wildman–Crippen MR) is 302 cm³/mol. The van der Waals surface area contributed by atoms with Gasteiger partial charge in [0.05, 0.1) is 58.9 Å². The Bertz CT molecular complexity index is 1560. The molecule has 0 aromatic heterocycles. The van der Waals surface area contributed by atoms with Crippen LogP contribution in [0.4, 0.5) is 0 Å². The second-order valence-electron chi connectivity index (χ2n) is 22.7. The van der Waals surface area contributed by atoms with E-state index in [0.29, 0.717) is 96.7 Å². The molecule has 0 bridgehead atoms. The van der Waals surface area contributed by atoms with Crippen LogP contribution in [0.15, 0.2) is 0 Å². The van der Waals surface area contributed by atoms with Crippen molar-refractivity contribution in [2.45, 2.75) is 283 Å². The number of rotatable bonds is 50. The maximum atomic E-state index is 14.4. The standard InChI is InChI=1S/C60H109NO15Si/c1-9-12-15-18-24-36-52(62)69-42-27-21-30-45-72-56(66)49-60(58(68)74-47-32-23-29-44-71-54(64)38-26-20-17-14-11-3,50-57(67)73-46-31-22-28-43-70-53(63)37-25-19-16-13-10-2)76-55(65)39-40-61(51-34-33-35-51)41-48-75-77(7,8)59(4,5)6/h51H,9-50H2,1-8H3. The van der Waals surface area contributed by atoms with Gasteiger partial charge < -0.3 is 37.6 Å². The van der Waals surface area contributed by atoms with Crippen molar-refractivity contribution in [3.63, 3.8) is 0 Å². The zero-order chi connectivity index (χ0) is 57.1. The summed E-state index contributed by atoms with van der Waals surface area (Å²) >= 11 is 0. The van der Waals surface area contributed by atoms with Crippen LogP contribution in [-0.4, -0.2) is 126 Å². The Labute approximate surface area is 467 Å². The highest BCUT2D eigenvalue weighted by Gasteiger charge is 2.49. The molecule has 77 heavy (non-hydrogen) atoms. The molecule has 1 aliphatic carbocycles. The summed E-state index contributed by atoms with van der Waals surface area (Å²) in [6.45, 7) is 19.5. The zero-order valence-corrected chi connectivity index (χ0v) is 50.8. The second kappa shape index (κ2) is 44.2. The highest BCUT2D eigenvalue weighted by molar-refractivity contribution is 6.74. The average molecular weight is 1110 g/mol. The molecule has 1 aliphatic rings. The molecule has 1 rings (SSSR count). The Balaban J connectivity index is 3.14. The molecule has 0 radical (unpaired) electrons. The lowest BCUT2D eigenvalue weighted by atomic mass is 9.91. The summed E-state index contributed by atoms with van der Waals surface area (Å²) in [6.07, 6.45) is 22.8. The minimum absolute atomic E-state index is 0.0152. The minimum atomic E-state index is -2.39. The molecule has 0 spiro atoms. The Morgan fingerprint density at radius 2 is 0.766 bits per heavy atom. The van der Waals surface area contributed by atoms with Crippen LogP contribution in [0.25, 0.3) is 0 Å². The summed E-state index contributed by atoms with van der Waals surface area (Å²) in [4.78, 5) is 94.7. The van der Waals surface area contributed by atoms with Gasteiger partial charge in [-0.2, -0.15) is 0 Å². The van der Waals surface area contributed by atoms with Crippen LogP contribution in [-0.2, 0) is 71.1 Å². The van der Waals surface area contributed by atoms with E-state index in [0.717, 1.165) is 116 Å². The van der Waals surface area contributed by atoms with Gasteiger partial charge in [0.1, 0.15) is 0 Å². The molecule has 0 heterocycles. The highest BCUT2D eigenvalue weighted by atomic mass is 28.4. The lowest BCUT2D eigenvalue weighted by molar-refractivity contribution is -0.191. The minimum Gasteiger partial charge on any atom is -0.466 e. The summed E-state index contributed by atoms with van der Waals surface area (Å²) < 4.78 is 45.6. The topological polar surface area (TPSA) is 197 Å². The smallest absolute Gasteiger partial charge is 0.351 e. The predicted octanol–water partition coefficient (Wildman–Crippen LogP) is 13.2. The molecular formula is C60H109NO15Si. The fourth-order valence-corrected chi connectivity index (χ4v) is 9.50. The number of nitrogens with zero attached hydrogens (tertiary/aromatic N) is 1. The van der Waals surface area contributed by atoms with E-state index >= 15 is 0 Å². The normalized spacial score (nSPS) is 12.9. The fraction of sp³-hybridized carbons (Fsp3) is 0.883. The largest absolute Gasteiger partial charge is 0.466 e. The third-order valence-corrected chi connectivity index (χ3v) is 19.3. The van der Waals surface area contributed by atoms with E-state index in [1.54, 1.807) is 0 Å². The van der Waals surface area contributed by atoms with Crippen LogP contribution < -0.4 is 0 Å². The highest BCUT2D eigenvalue weighted by Crippen LogP contribution is 2.37.